The maximum absolute atomic E-state index is 12.8. The molecule has 0 saturated heterocycles. The number of pyridine rings is 1. The van der Waals surface area contributed by atoms with Crippen LogP contribution in [-0.4, -0.2) is 30.5 Å². The fourth-order valence-electron chi connectivity index (χ4n) is 2.95. The van der Waals surface area contributed by atoms with E-state index >= 15 is 0 Å². The van der Waals surface area contributed by atoms with E-state index in [1.54, 1.807) is 13.8 Å². The standard InChI is InChI=1S/C17H16N6O2S/c1-8-12-15(24)19-10(3)20-17(12)26-13(8)16(25)18-9(2)14-22-21-11-6-4-5-7-23(11)14/h4-7,9H,1-3H3,(H,18,25)(H,19,20,24)/t9-/m1/s1. The van der Waals surface area contributed by atoms with Crippen molar-refractivity contribution in [1.29, 1.82) is 0 Å². The van der Waals surface area contributed by atoms with Crippen LogP contribution in [0.3, 0.4) is 0 Å². The Morgan fingerprint density at radius 1 is 1.31 bits per heavy atom. The molecule has 0 fully saturated rings. The highest BCUT2D eigenvalue weighted by molar-refractivity contribution is 7.20. The molecule has 0 aliphatic carbocycles. The van der Waals surface area contributed by atoms with Gasteiger partial charge in [-0.3, -0.25) is 14.0 Å². The molecule has 1 amide bonds. The van der Waals surface area contributed by atoms with Gasteiger partial charge in [-0.15, -0.1) is 21.5 Å². The first-order valence-corrected chi connectivity index (χ1v) is 8.88. The van der Waals surface area contributed by atoms with E-state index in [0.29, 0.717) is 38.0 Å². The van der Waals surface area contributed by atoms with Gasteiger partial charge in [-0.25, -0.2) is 4.98 Å². The van der Waals surface area contributed by atoms with E-state index < -0.39 is 0 Å². The van der Waals surface area contributed by atoms with Gasteiger partial charge in [0, 0.05) is 6.20 Å². The average Bonchev–Trinajstić information content (AvgIpc) is 3.16. The maximum Gasteiger partial charge on any atom is 0.262 e. The Balaban J connectivity index is 1.68. The van der Waals surface area contributed by atoms with Gasteiger partial charge in [-0.05, 0) is 38.5 Å². The van der Waals surface area contributed by atoms with E-state index in [-0.39, 0.29) is 17.5 Å². The van der Waals surface area contributed by atoms with E-state index in [9.17, 15) is 9.59 Å². The first-order valence-electron chi connectivity index (χ1n) is 8.06. The maximum atomic E-state index is 12.8. The Morgan fingerprint density at radius 3 is 2.92 bits per heavy atom. The first kappa shape index (κ1) is 16.4. The number of aryl methyl sites for hydroxylation is 2. The smallest absolute Gasteiger partial charge is 0.262 e. The number of hydrogen-bond acceptors (Lipinski definition) is 6. The second kappa shape index (κ2) is 6.03. The van der Waals surface area contributed by atoms with Crippen molar-refractivity contribution in [2.24, 2.45) is 0 Å². The summed E-state index contributed by atoms with van der Waals surface area (Å²) in [5.41, 5.74) is 1.12. The molecular weight excluding hydrogens is 352 g/mol. The Hall–Kier alpha value is -3.07. The number of nitrogens with zero attached hydrogens (tertiary/aromatic N) is 4. The number of rotatable bonds is 3. The third kappa shape index (κ3) is 2.57. The highest BCUT2D eigenvalue weighted by Crippen LogP contribution is 2.27. The fraction of sp³-hybridized carbons (Fsp3) is 0.235. The largest absolute Gasteiger partial charge is 0.342 e. The van der Waals surface area contributed by atoms with Crippen LogP contribution in [-0.2, 0) is 0 Å². The molecule has 0 aromatic carbocycles. The van der Waals surface area contributed by atoms with Crippen molar-refractivity contribution < 1.29 is 4.79 Å². The number of H-pyrrole nitrogens is 1. The Morgan fingerprint density at radius 2 is 2.12 bits per heavy atom. The molecule has 8 nitrogen and oxygen atoms in total. The molecule has 9 heteroatoms. The highest BCUT2D eigenvalue weighted by atomic mass is 32.1. The number of nitrogens with one attached hydrogen (secondary N) is 2. The zero-order valence-corrected chi connectivity index (χ0v) is 15.2. The summed E-state index contributed by atoms with van der Waals surface area (Å²) in [6.45, 7) is 5.32. The van der Waals surface area contributed by atoms with Crippen molar-refractivity contribution in [3.05, 3.63) is 56.8 Å². The second-order valence-electron chi connectivity index (χ2n) is 6.07. The van der Waals surface area contributed by atoms with Crippen LogP contribution in [0.25, 0.3) is 15.9 Å². The first-order chi connectivity index (χ1) is 12.5. The third-order valence-electron chi connectivity index (χ3n) is 4.20. The summed E-state index contributed by atoms with van der Waals surface area (Å²) in [6.07, 6.45) is 1.85. The SMILES string of the molecule is Cc1nc2sc(C(=O)N[C@H](C)c3nnc4ccccn34)c(C)c2c(=O)[nH]1. The van der Waals surface area contributed by atoms with Crippen LogP contribution < -0.4 is 10.9 Å². The molecule has 0 aliphatic heterocycles. The van der Waals surface area contributed by atoms with Crippen LogP contribution in [0.15, 0.2) is 29.2 Å². The molecule has 0 saturated carbocycles. The van der Waals surface area contributed by atoms with Crippen LogP contribution in [0.5, 0.6) is 0 Å². The van der Waals surface area contributed by atoms with Gasteiger partial charge in [0.2, 0.25) is 0 Å². The van der Waals surface area contributed by atoms with Crippen LogP contribution in [0.4, 0.5) is 0 Å². The minimum atomic E-state index is -0.350. The van der Waals surface area contributed by atoms with Gasteiger partial charge in [-0.2, -0.15) is 0 Å². The molecule has 0 radical (unpaired) electrons. The van der Waals surface area contributed by atoms with Gasteiger partial charge < -0.3 is 10.3 Å². The van der Waals surface area contributed by atoms with Crippen LogP contribution >= 0.6 is 11.3 Å². The zero-order valence-electron chi connectivity index (χ0n) is 14.4. The monoisotopic (exact) mass is 368 g/mol. The van der Waals surface area contributed by atoms with Crippen molar-refractivity contribution in [3.8, 4) is 0 Å². The molecule has 4 aromatic heterocycles. The summed E-state index contributed by atoms with van der Waals surface area (Å²) >= 11 is 1.22. The Kier molecular flexibility index (Phi) is 3.80. The minimum absolute atomic E-state index is 0.225. The molecule has 0 aliphatic rings. The molecule has 4 heterocycles. The van der Waals surface area contributed by atoms with E-state index in [4.69, 9.17) is 0 Å². The van der Waals surface area contributed by atoms with Gasteiger partial charge in [0.25, 0.3) is 11.5 Å². The second-order valence-corrected chi connectivity index (χ2v) is 7.07. The van der Waals surface area contributed by atoms with Crippen molar-refractivity contribution in [3.63, 3.8) is 0 Å². The summed E-state index contributed by atoms with van der Waals surface area (Å²) in [4.78, 5) is 33.0. The number of thiophene rings is 1. The summed E-state index contributed by atoms with van der Waals surface area (Å²) in [5.74, 6) is 0.904. The lowest BCUT2D eigenvalue weighted by Crippen LogP contribution is -2.27. The average molecular weight is 368 g/mol. The number of amides is 1. The van der Waals surface area contributed by atoms with Gasteiger partial charge in [0.05, 0.1) is 16.3 Å². The van der Waals surface area contributed by atoms with E-state index in [2.05, 4.69) is 25.5 Å². The molecule has 132 valence electrons. The van der Waals surface area contributed by atoms with Crippen LogP contribution in [0, 0.1) is 13.8 Å². The molecule has 4 rings (SSSR count). The molecule has 4 aromatic rings. The minimum Gasteiger partial charge on any atom is -0.342 e. The number of aromatic nitrogens is 5. The van der Waals surface area contributed by atoms with Crippen molar-refractivity contribution in [2.45, 2.75) is 26.8 Å². The normalized spacial score (nSPS) is 12.6. The highest BCUT2D eigenvalue weighted by Gasteiger charge is 2.22. The lowest BCUT2D eigenvalue weighted by molar-refractivity contribution is 0.0941. The van der Waals surface area contributed by atoms with Gasteiger partial charge in [0.15, 0.2) is 11.5 Å². The fourth-order valence-corrected chi connectivity index (χ4v) is 4.08. The zero-order chi connectivity index (χ0) is 18.4. The third-order valence-corrected chi connectivity index (χ3v) is 5.38. The summed E-state index contributed by atoms with van der Waals surface area (Å²) in [5, 5.41) is 11.7. The lowest BCUT2D eigenvalue weighted by Gasteiger charge is -2.12. The number of hydrogen-bond donors (Lipinski definition) is 2. The van der Waals surface area contributed by atoms with Gasteiger partial charge in [-0.1, -0.05) is 6.07 Å². The van der Waals surface area contributed by atoms with Crippen molar-refractivity contribution in [2.75, 3.05) is 0 Å². The molecular formula is C17H16N6O2S. The topological polar surface area (TPSA) is 105 Å². The molecule has 0 spiro atoms. The molecule has 0 bridgehead atoms. The van der Waals surface area contributed by atoms with E-state index in [1.807, 2.05) is 35.7 Å². The van der Waals surface area contributed by atoms with Gasteiger partial charge in [0.1, 0.15) is 10.7 Å². The van der Waals surface area contributed by atoms with Crippen LogP contribution in [0.1, 0.15) is 39.8 Å². The molecule has 0 unspecified atom stereocenters. The number of carbonyl (C=O) groups is 1. The Bertz CT molecular complexity index is 1210. The predicted molar refractivity (Wildman–Crippen MR) is 98.6 cm³/mol. The van der Waals surface area contributed by atoms with E-state index in [1.165, 1.54) is 11.3 Å². The molecule has 26 heavy (non-hydrogen) atoms. The van der Waals surface area contributed by atoms with Crippen molar-refractivity contribution >= 4 is 33.1 Å². The quantitative estimate of drug-likeness (QED) is 0.576. The van der Waals surface area contributed by atoms with E-state index in [0.717, 1.165) is 0 Å². The number of fused-ring (bicyclic) bond motifs is 2. The lowest BCUT2D eigenvalue weighted by atomic mass is 10.2. The predicted octanol–water partition coefficient (Wildman–Crippen LogP) is 2.14. The van der Waals surface area contributed by atoms with Crippen molar-refractivity contribution in [1.82, 2.24) is 29.9 Å². The number of carbonyl (C=O) groups excluding carboxylic acids is 1. The summed E-state index contributed by atoms with van der Waals surface area (Å²) in [6, 6.07) is 5.26. The summed E-state index contributed by atoms with van der Waals surface area (Å²) in [7, 11) is 0. The Labute approximate surface area is 151 Å². The number of aromatic amines is 1. The summed E-state index contributed by atoms with van der Waals surface area (Å²) < 4.78 is 1.83. The molecule has 2 N–H and O–H groups in total. The molecule has 1 atom stereocenters. The van der Waals surface area contributed by atoms with Crippen LogP contribution in [0.2, 0.25) is 0 Å². The van der Waals surface area contributed by atoms with Gasteiger partial charge >= 0.3 is 0 Å².